The van der Waals surface area contributed by atoms with E-state index in [-0.39, 0.29) is 0 Å². The van der Waals surface area contributed by atoms with Crippen LogP contribution < -0.4 is 5.32 Å². The number of nitrogens with one attached hydrogen (secondary N) is 1. The van der Waals surface area contributed by atoms with E-state index in [9.17, 15) is 0 Å². The molecule has 1 atom stereocenters. The second-order valence-electron chi connectivity index (χ2n) is 4.87. The van der Waals surface area contributed by atoms with Gasteiger partial charge in [0.1, 0.15) is 16.2 Å². The van der Waals surface area contributed by atoms with Crippen LogP contribution in [0.2, 0.25) is 0 Å². The number of nitrogens with zero attached hydrogens (tertiary/aromatic N) is 3. The Morgan fingerprint density at radius 3 is 3.11 bits per heavy atom. The number of hydrogen-bond donors (Lipinski definition) is 1. The Balaban J connectivity index is 2.07. The molecule has 1 aliphatic heterocycles. The molecule has 0 amide bonds. The highest BCUT2D eigenvalue weighted by Crippen LogP contribution is 2.30. The second kappa shape index (κ2) is 4.53. The molecule has 0 aromatic carbocycles. The largest absolute Gasteiger partial charge is 0.350 e. The molecule has 0 radical (unpaired) electrons. The molecule has 2 heterocycles. The summed E-state index contributed by atoms with van der Waals surface area (Å²) in [6.45, 7) is 5.05. The molecule has 1 N–H and O–H groups in total. The predicted octanol–water partition coefficient (Wildman–Crippen LogP) is 3.27. The third kappa shape index (κ3) is 2.00. The van der Waals surface area contributed by atoms with E-state index in [1.807, 2.05) is 10.9 Å². The van der Waals surface area contributed by atoms with Crippen molar-refractivity contribution in [2.75, 3.05) is 12.0 Å². The summed E-state index contributed by atoms with van der Waals surface area (Å²) in [5, 5.41) is 7.80. The van der Waals surface area contributed by atoms with Gasteiger partial charge < -0.3 is 5.32 Å². The molecule has 0 saturated heterocycles. The van der Waals surface area contributed by atoms with Crippen LogP contribution in [0.15, 0.2) is 28.9 Å². The Hall–Kier alpha value is -1.11. The van der Waals surface area contributed by atoms with Gasteiger partial charge in [0.2, 0.25) is 0 Å². The van der Waals surface area contributed by atoms with Crippen molar-refractivity contribution in [3.05, 3.63) is 29.5 Å². The summed E-state index contributed by atoms with van der Waals surface area (Å²) in [5.41, 5.74) is 3.65. The third-order valence-electron chi connectivity index (χ3n) is 3.19. The molecule has 0 fully saturated rings. The number of rotatable bonds is 1. The zero-order valence-electron chi connectivity index (χ0n) is 10.4. The molecule has 1 aliphatic carbocycles. The molecule has 3 rings (SSSR count). The van der Waals surface area contributed by atoms with Crippen LogP contribution in [-0.4, -0.2) is 20.2 Å². The molecule has 1 aromatic heterocycles. The van der Waals surface area contributed by atoms with Crippen LogP contribution in [0.4, 0.5) is 5.82 Å². The highest BCUT2D eigenvalue weighted by molar-refractivity contribution is 14.1. The fraction of sp³-hybridized carbons (Fsp3) is 0.385. The summed E-state index contributed by atoms with van der Waals surface area (Å²) in [6.07, 6.45) is 7.52. The highest BCUT2D eigenvalue weighted by atomic mass is 127. The number of allylic oxidation sites excluding steroid dienone is 4. The number of halogens is 1. The topological polar surface area (TPSA) is 42.2 Å². The molecular weight excluding hydrogens is 339 g/mol. The standard InChI is InChI=1S/C13H15IN4/c1-8-3-9(2)5-10(4-8)18-13-11(6-17-18)12(14)15-7-16-13/h4-6,8,16H,3,7H2,1-2H3. The lowest BCUT2D eigenvalue weighted by molar-refractivity contribution is 0.699. The van der Waals surface area contributed by atoms with Crippen LogP contribution in [-0.2, 0) is 0 Å². The van der Waals surface area contributed by atoms with Crippen molar-refractivity contribution in [1.29, 1.82) is 0 Å². The summed E-state index contributed by atoms with van der Waals surface area (Å²) in [6, 6.07) is 0. The van der Waals surface area contributed by atoms with E-state index >= 15 is 0 Å². The van der Waals surface area contributed by atoms with Gasteiger partial charge in [0.15, 0.2) is 0 Å². The van der Waals surface area contributed by atoms with Gasteiger partial charge >= 0.3 is 0 Å². The molecule has 4 nitrogen and oxygen atoms in total. The molecule has 0 saturated carbocycles. The normalized spacial score (nSPS) is 22.6. The first-order valence-corrected chi connectivity index (χ1v) is 7.14. The zero-order chi connectivity index (χ0) is 12.7. The first-order chi connectivity index (χ1) is 8.65. The molecule has 94 valence electrons. The first-order valence-electron chi connectivity index (χ1n) is 6.06. The van der Waals surface area contributed by atoms with Crippen LogP contribution in [0.25, 0.3) is 5.70 Å². The lowest BCUT2D eigenvalue weighted by atomic mass is 9.95. The Morgan fingerprint density at radius 1 is 1.50 bits per heavy atom. The van der Waals surface area contributed by atoms with Gasteiger partial charge in [-0.15, -0.1) is 0 Å². The SMILES string of the molecule is CC1=CC(n2ncc3c2NCN=C3I)=CC(C)C1. The van der Waals surface area contributed by atoms with E-state index in [2.05, 4.69) is 64.0 Å². The molecule has 18 heavy (non-hydrogen) atoms. The van der Waals surface area contributed by atoms with Crippen LogP contribution >= 0.6 is 22.6 Å². The first kappa shape index (κ1) is 12.0. The van der Waals surface area contributed by atoms with Crippen molar-refractivity contribution in [3.8, 4) is 0 Å². The van der Waals surface area contributed by atoms with Gasteiger partial charge in [-0.25, -0.2) is 4.68 Å². The molecular formula is C13H15IN4. The number of fused-ring (bicyclic) bond motifs is 1. The second-order valence-corrected chi connectivity index (χ2v) is 5.89. The van der Waals surface area contributed by atoms with Crippen molar-refractivity contribution in [2.24, 2.45) is 10.9 Å². The van der Waals surface area contributed by atoms with Gasteiger partial charge in [-0.1, -0.05) is 18.6 Å². The van der Waals surface area contributed by atoms with E-state index in [4.69, 9.17) is 0 Å². The van der Waals surface area contributed by atoms with Crippen LogP contribution in [0.3, 0.4) is 0 Å². The number of hydrogen-bond acceptors (Lipinski definition) is 3. The Kier molecular flexibility index (Phi) is 3.01. The molecule has 2 aliphatic rings. The van der Waals surface area contributed by atoms with Gasteiger partial charge in [-0.2, -0.15) is 5.10 Å². The summed E-state index contributed by atoms with van der Waals surface area (Å²) < 4.78 is 3.01. The van der Waals surface area contributed by atoms with Crippen molar-refractivity contribution >= 4 is 37.8 Å². The fourth-order valence-electron chi connectivity index (χ4n) is 2.48. The van der Waals surface area contributed by atoms with Gasteiger partial charge in [0, 0.05) is 0 Å². The maximum absolute atomic E-state index is 4.50. The Bertz CT molecular complexity index is 580. The van der Waals surface area contributed by atoms with Gasteiger partial charge in [-0.3, -0.25) is 4.99 Å². The molecule has 1 unspecified atom stereocenters. The highest BCUT2D eigenvalue weighted by Gasteiger charge is 2.20. The van der Waals surface area contributed by atoms with Crippen molar-refractivity contribution in [1.82, 2.24) is 9.78 Å². The zero-order valence-corrected chi connectivity index (χ0v) is 12.6. The minimum absolute atomic E-state index is 0.571. The smallest absolute Gasteiger partial charge is 0.141 e. The van der Waals surface area contributed by atoms with E-state index in [1.165, 1.54) is 5.57 Å². The van der Waals surface area contributed by atoms with Gasteiger partial charge in [-0.05, 0) is 47.9 Å². The lowest BCUT2D eigenvalue weighted by Gasteiger charge is -2.19. The maximum atomic E-state index is 4.50. The summed E-state index contributed by atoms with van der Waals surface area (Å²) in [7, 11) is 0. The average molecular weight is 354 g/mol. The van der Waals surface area contributed by atoms with Crippen LogP contribution in [0.1, 0.15) is 25.8 Å². The molecule has 0 bridgehead atoms. The average Bonchev–Trinajstić information content (AvgIpc) is 2.73. The molecule has 5 heteroatoms. The summed E-state index contributed by atoms with van der Waals surface area (Å²) in [4.78, 5) is 4.36. The quantitative estimate of drug-likeness (QED) is 0.787. The Morgan fingerprint density at radius 2 is 2.33 bits per heavy atom. The molecule has 0 spiro atoms. The van der Waals surface area contributed by atoms with Gasteiger partial charge in [0.25, 0.3) is 0 Å². The van der Waals surface area contributed by atoms with Crippen molar-refractivity contribution < 1.29 is 0 Å². The molecule has 1 aromatic rings. The fourth-order valence-corrected chi connectivity index (χ4v) is 3.05. The van der Waals surface area contributed by atoms with Crippen LogP contribution in [0.5, 0.6) is 0 Å². The van der Waals surface area contributed by atoms with E-state index in [0.717, 1.165) is 27.2 Å². The van der Waals surface area contributed by atoms with Crippen molar-refractivity contribution in [2.45, 2.75) is 20.3 Å². The number of aromatic nitrogens is 2. The van der Waals surface area contributed by atoms with Crippen molar-refractivity contribution in [3.63, 3.8) is 0 Å². The predicted molar refractivity (Wildman–Crippen MR) is 83.1 cm³/mol. The number of anilines is 1. The monoisotopic (exact) mass is 354 g/mol. The third-order valence-corrected chi connectivity index (χ3v) is 4.12. The summed E-state index contributed by atoms with van der Waals surface area (Å²) >= 11 is 2.26. The van der Waals surface area contributed by atoms with E-state index < -0.39 is 0 Å². The summed E-state index contributed by atoms with van der Waals surface area (Å²) in [5.74, 6) is 1.62. The van der Waals surface area contributed by atoms with Crippen LogP contribution in [0, 0.1) is 5.92 Å². The maximum Gasteiger partial charge on any atom is 0.141 e. The van der Waals surface area contributed by atoms with Gasteiger partial charge in [0.05, 0.1) is 17.5 Å². The Labute approximate surface area is 120 Å². The van der Waals surface area contributed by atoms with E-state index in [1.54, 1.807) is 0 Å². The van der Waals surface area contributed by atoms with E-state index in [0.29, 0.717) is 12.6 Å². The number of aliphatic imine (C=N–C) groups is 1. The minimum atomic E-state index is 0.571. The minimum Gasteiger partial charge on any atom is -0.350 e. The lowest BCUT2D eigenvalue weighted by Crippen LogP contribution is -2.15.